The van der Waals surface area contributed by atoms with Gasteiger partial charge in [-0.15, -0.1) is 0 Å². The van der Waals surface area contributed by atoms with Crippen molar-refractivity contribution in [2.24, 2.45) is 0 Å². The maximum Gasteiger partial charge on any atom is 0.306 e. The Labute approximate surface area is 219 Å². The van der Waals surface area contributed by atoms with Crippen molar-refractivity contribution < 1.29 is 23.9 Å². The Bertz CT molecular complexity index is 1250. The number of carbonyl (C=O) groups is 3. The van der Waals surface area contributed by atoms with Gasteiger partial charge in [-0.1, -0.05) is 34.1 Å². The lowest BCUT2D eigenvalue weighted by molar-refractivity contribution is -0.147. The lowest BCUT2D eigenvalue weighted by Gasteiger charge is -2.12. The Morgan fingerprint density at radius 3 is 2.11 bits per heavy atom. The largest absolute Gasteiger partial charge is 0.457 e. The van der Waals surface area contributed by atoms with Crippen molar-refractivity contribution in [1.29, 1.82) is 0 Å². The minimum Gasteiger partial charge on any atom is -0.457 e. The molecule has 0 aliphatic heterocycles. The predicted octanol–water partition coefficient (Wildman–Crippen LogP) is 6.38. The molecule has 0 radical (unpaired) electrons. The predicted molar refractivity (Wildman–Crippen MR) is 144 cm³/mol. The van der Waals surface area contributed by atoms with Gasteiger partial charge in [-0.25, -0.2) is 0 Å². The molecule has 188 valence electrons. The highest BCUT2D eigenvalue weighted by Crippen LogP contribution is 2.29. The molecule has 0 saturated carbocycles. The molecule has 0 bridgehead atoms. The van der Waals surface area contributed by atoms with Crippen LogP contribution in [0.3, 0.4) is 0 Å². The van der Waals surface area contributed by atoms with Crippen molar-refractivity contribution in [3.05, 3.63) is 81.3 Å². The van der Waals surface area contributed by atoms with E-state index in [2.05, 4.69) is 26.6 Å². The Balaban J connectivity index is 1.41. The molecule has 2 N–H and O–H groups in total. The summed E-state index contributed by atoms with van der Waals surface area (Å²) in [5, 5.41) is 5.47. The molecule has 36 heavy (non-hydrogen) atoms. The quantitative estimate of drug-likeness (QED) is 0.300. The number of aryl methyl sites for hydroxylation is 2. The minimum atomic E-state index is -0.624. The van der Waals surface area contributed by atoms with Crippen LogP contribution < -0.4 is 15.4 Å². The van der Waals surface area contributed by atoms with Crippen LogP contribution in [0.5, 0.6) is 11.5 Å². The summed E-state index contributed by atoms with van der Waals surface area (Å²) in [4.78, 5) is 36.4. The SMILES string of the molecule is Cc1cccc(C)c1Oc1ccc(NC(=O)CCC(=O)OCC(=O)Nc2ccc(Br)c(C)c2C)cc1. The van der Waals surface area contributed by atoms with E-state index in [1.807, 2.05) is 52.0 Å². The number of amides is 2. The number of anilines is 2. The number of hydrogen-bond acceptors (Lipinski definition) is 5. The summed E-state index contributed by atoms with van der Waals surface area (Å²) in [6.07, 6.45) is -0.199. The Morgan fingerprint density at radius 1 is 0.778 bits per heavy atom. The normalized spacial score (nSPS) is 10.5. The smallest absolute Gasteiger partial charge is 0.306 e. The fourth-order valence-electron chi connectivity index (χ4n) is 3.45. The van der Waals surface area contributed by atoms with E-state index in [0.29, 0.717) is 17.1 Å². The number of ether oxygens (including phenoxy) is 2. The van der Waals surface area contributed by atoms with E-state index >= 15 is 0 Å². The highest BCUT2D eigenvalue weighted by molar-refractivity contribution is 9.10. The molecule has 3 aromatic rings. The zero-order valence-electron chi connectivity index (χ0n) is 20.7. The number of carbonyl (C=O) groups excluding carboxylic acids is 3. The molecular formula is C28H29BrN2O5. The number of halogens is 1. The number of rotatable bonds is 9. The fourth-order valence-corrected chi connectivity index (χ4v) is 3.88. The van der Waals surface area contributed by atoms with E-state index in [9.17, 15) is 14.4 Å². The third kappa shape index (κ3) is 7.42. The molecule has 7 nitrogen and oxygen atoms in total. The van der Waals surface area contributed by atoms with Crippen molar-refractivity contribution in [1.82, 2.24) is 0 Å². The van der Waals surface area contributed by atoms with Crippen molar-refractivity contribution in [3.63, 3.8) is 0 Å². The molecule has 0 aliphatic rings. The van der Waals surface area contributed by atoms with Crippen LogP contribution in [0, 0.1) is 27.7 Å². The number of esters is 1. The van der Waals surface area contributed by atoms with E-state index < -0.39 is 18.5 Å². The van der Waals surface area contributed by atoms with Crippen LogP contribution in [0.2, 0.25) is 0 Å². The second-order valence-corrected chi connectivity index (χ2v) is 9.30. The zero-order valence-corrected chi connectivity index (χ0v) is 22.3. The summed E-state index contributed by atoms with van der Waals surface area (Å²) in [6.45, 7) is 7.38. The zero-order chi connectivity index (χ0) is 26.2. The standard InChI is InChI=1S/C28H29BrN2O5/c1-17-6-5-7-18(2)28(17)36-22-10-8-21(9-11-22)30-25(32)14-15-27(34)35-16-26(33)31-24-13-12-23(29)19(3)20(24)4/h5-13H,14-16H2,1-4H3,(H,30,32)(H,31,33). The van der Waals surface area contributed by atoms with Gasteiger partial charge in [0.05, 0.1) is 6.42 Å². The lowest BCUT2D eigenvalue weighted by Crippen LogP contribution is -2.22. The first-order valence-electron chi connectivity index (χ1n) is 11.5. The number of para-hydroxylation sites is 1. The molecule has 3 rings (SSSR count). The molecule has 0 saturated heterocycles. The first-order chi connectivity index (χ1) is 17.1. The second-order valence-electron chi connectivity index (χ2n) is 8.45. The molecule has 0 aromatic heterocycles. The molecule has 3 aromatic carbocycles. The van der Waals surface area contributed by atoms with Crippen LogP contribution in [0.1, 0.15) is 35.1 Å². The summed E-state index contributed by atoms with van der Waals surface area (Å²) in [5.74, 6) is 0.0623. The van der Waals surface area contributed by atoms with E-state index in [4.69, 9.17) is 9.47 Å². The van der Waals surface area contributed by atoms with Gasteiger partial charge in [0.25, 0.3) is 5.91 Å². The summed E-state index contributed by atoms with van der Waals surface area (Å²) in [6, 6.07) is 16.6. The topological polar surface area (TPSA) is 93.7 Å². The van der Waals surface area contributed by atoms with E-state index in [0.717, 1.165) is 32.5 Å². The van der Waals surface area contributed by atoms with Crippen molar-refractivity contribution in [2.75, 3.05) is 17.2 Å². The van der Waals surface area contributed by atoms with Gasteiger partial charge in [0.15, 0.2) is 6.61 Å². The molecular weight excluding hydrogens is 524 g/mol. The molecule has 8 heteroatoms. The van der Waals surface area contributed by atoms with Gasteiger partial charge in [0.2, 0.25) is 5.91 Å². The average molecular weight is 553 g/mol. The van der Waals surface area contributed by atoms with Crippen LogP contribution >= 0.6 is 15.9 Å². The maximum atomic E-state index is 12.2. The molecule has 0 heterocycles. The average Bonchev–Trinajstić information content (AvgIpc) is 2.85. The van der Waals surface area contributed by atoms with Gasteiger partial charge in [-0.2, -0.15) is 0 Å². The number of benzene rings is 3. The first-order valence-corrected chi connectivity index (χ1v) is 12.3. The van der Waals surface area contributed by atoms with Gasteiger partial charge in [0, 0.05) is 22.3 Å². The van der Waals surface area contributed by atoms with E-state index in [-0.39, 0.29) is 18.7 Å². The highest BCUT2D eigenvalue weighted by atomic mass is 79.9. The summed E-state index contributed by atoms with van der Waals surface area (Å²) < 4.78 is 11.9. The molecule has 0 fully saturated rings. The van der Waals surface area contributed by atoms with Crippen LogP contribution in [0.4, 0.5) is 11.4 Å². The van der Waals surface area contributed by atoms with Crippen LogP contribution in [0.25, 0.3) is 0 Å². The van der Waals surface area contributed by atoms with Crippen LogP contribution in [0.15, 0.2) is 59.1 Å². The Morgan fingerprint density at radius 2 is 1.44 bits per heavy atom. The third-order valence-corrected chi connectivity index (χ3v) is 6.54. The number of hydrogen-bond donors (Lipinski definition) is 2. The van der Waals surface area contributed by atoms with Gasteiger partial charge >= 0.3 is 5.97 Å². The molecule has 2 amide bonds. The third-order valence-electron chi connectivity index (χ3n) is 5.68. The molecule has 0 aliphatic carbocycles. The number of nitrogens with one attached hydrogen (secondary N) is 2. The Kier molecular flexibility index (Phi) is 9.25. The first kappa shape index (κ1) is 26.9. The summed E-state index contributed by atoms with van der Waals surface area (Å²) >= 11 is 3.45. The lowest BCUT2D eigenvalue weighted by atomic mass is 10.1. The molecule has 0 unspecified atom stereocenters. The Hall–Kier alpha value is -3.65. The van der Waals surface area contributed by atoms with Crippen LogP contribution in [-0.4, -0.2) is 24.4 Å². The van der Waals surface area contributed by atoms with Gasteiger partial charge < -0.3 is 20.1 Å². The van der Waals surface area contributed by atoms with Gasteiger partial charge in [-0.3, -0.25) is 14.4 Å². The van der Waals surface area contributed by atoms with Gasteiger partial charge in [0.1, 0.15) is 11.5 Å². The monoisotopic (exact) mass is 552 g/mol. The maximum absolute atomic E-state index is 12.2. The van der Waals surface area contributed by atoms with Crippen LogP contribution in [-0.2, 0) is 19.1 Å². The summed E-state index contributed by atoms with van der Waals surface area (Å²) in [5.41, 5.74) is 5.25. The van der Waals surface area contributed by atoms with Crippen molar-refractivity contribution in [2.45, 2.75) is 40.5 Å². The van der Waals surface area contributed by atoms with E-state index in [1.54, 1.807) is 30.3 Å². The summed E-state index contributed by atoms with van der Waals surface area (Å²) in [7, 11) is 0. The molecule has 0 atom stereocenters. The fraction of sp³-hybridized carbons (Fsp3) is 0.250. The molecule has 0 spiro atoms. The minimum absolute atomic E-state index is 0.0634. The highest BCUT2D eigenvalue weighted by Gasteiger charge is 2.13. The van der Waals surface area contributed by atoms with E-state index in [1.165, 1.54) is 0 Å². The van der Waals surface area contributed by atoms with Crippen molar-refractivity contribution >= 4 is 45.1 Å². The second kappa shape index (κ2) is 12.4. The van der Waals surface area contributed by atoms with Crippen molar-refractivity contribution in [3.8, 4) is 11.5 Å². The van der Waals surface area contributed by atoms with Gasteiger partial charge in [-0.05, 0) is 86.3 Å².